The number of ether oxygens (including phenoxy) is 1. The number of amides is 2. The molecule has 0 bridgehead atoms. The van der Waals surface area contributed by atoms with Gasteiger partial charge in [-0.1, -0.05) is 12.1 Å². The van der Waals surface area contributed by atoms with Gasteiger partial charge in [0.15, 0.2) is 5.54 Å². The summed E-state index contributed by atoms with van der Waals surface area (Å²) in [5, 5.41) is 0. The van der Waals surface area contributed by atoms with E-state index in [9.17, 15) is 9.59 Å². The largest absolute Gasteiger partial charge is 0.497 e. The molecule has 0 unspecified atom stereocenters. The number of methoxy groups -OCH3 is 1. The van der Waals surface area contributed by atoms with Gasteiger partial charge >= 0.3 is 0 Å². The summed E-state index contributed by atoms with van der Waals surface area (Å²) in [5.74, 6) is -0.0101. The second-order valence-electron chi connectivity index (χ2n) is 5.99. The predicted molar refractivity (Wildman–Crippen MR) is 90.5 cm³/mol. The predicted octanol–water partition coefficient (Wildman–Crippen LogP) is 1.03. The lowest BCUT2D eigenvalue weighted by molar-refractivity contribution is -0.144. The van der Waals surface area contributed by atoms with Crippen LogP contribution in [0.4, 0.5) is 0 Å². The van der Waals surface area contributed by atoms with Crippen LogP contribution < -0.4 is 10.5 Å². The van der Waals surface area contributed by atoms with Gasteiger partial charge in [0, 0.05) is 18.9 Å². The summed E-state index contributed by atoms with van der Waals surface area (Å²) in [6.07, 6.45) is 5.85. The van der Waals surface area contributed by atoms with E-state index in [1.54, 1.807) is 24.1 Å². The summed E-state index contributed by atoms with van der Waals surface area (Å²) in [5.41, 5.74) is 5.75. The van der Waals surface area contributed by atoms with E-state index in [2.05, 4.69) is 9.97 Å². The maximum Gasteiger partial charge on any atom is 0.249 e. The maximum atomic E-state index is 12.9. The molecule has 130 valence electrons. The van der Waals surface area contributed by atoms with Crippen molar-refractivity contribution in [3.05, 3.63) is 54.1 Å². The Balaban J connectivity index is 1.88. The van der Waals surface area contributed by atoms with Crippen molar-refractivity contribution in [2.24, 2.45) is 5.73 Å². The summed E-state index contributed by atoms with van der Waals surface area (Å²) in [4.78, 5) is 35.0. The van der Waals surface area contributed by atoms with Gasteiger partial charge in [-0.25, -0.2) is 0 Å². The van der Waals surface area contributed by atoms with E-state index in [4.69, 9.17) is 10.5 Å². The van der Waals surface area contributed by atoms with Gasteiger partial charge in [0.2, 0.25) is 11.8 Å². The molecule has 2 N–H and O–H groups in total. The van der Waals surface area contributed by atoms with Crippen molar-refractivity contribution in [3.8, 4) is 5.75 Å². The highest BCUT2D eigenvalue weighted by Gasteiger charge is 2.51. The van der Waals surface area contributed by atoms with E-state index < -0.39 is 11.4 Å². The maximum absolute atomic E-state index is 12.9. The Morgan fingerprint density at radius 1 is 1.28 bits per heavy atom. The van der Waals surface area contributed by atoms with Crippen molar-refractivity contribution in [3.63, 3.8) is 0 Å². The molecule has 1 saturated heterocycles. The lowest BCUT2D eigenvalue weighted by Gasteiger charge is -2.35. The molecule has 1 fully saturated rings. The molecule has 1 aliphatic rings. The molecule has 2 aromatic rings. The molecule has 3 rings (SSSR count). The standard InChI is InChI=1S/C18H20N4O3/c1-25-14-5-3-13(4-6-14)11-16(23)22-10-2-7-18(22,17(19)24)15-12-20-8-9-21-15/h3-6,8-9,12H,2,7,10-11H2,1H3,(H2,19,24)/t18-/m1/s1. The smallest absolute Gasteiger partial charge is 0.249 e. The third kappa shape index (κ3) is 3.05. The fourth-order valence-electron chi connectivity index (χ4n) is 3.33. The van der Waals surface area contributed by atoms with Crippen LogP contribution in [0, 0.1) is 0 Å². The van der Waals surface area contributed by atoms with E-state index in [1.165, 1.54) is 18.6 Å². The van der Waals surface area contributed by atoms with Gasteiger partial charge in [-0.2, -0.15) is 0 Å². The Morgan fingerprint density at radius 3 is 2.64 bits per heavy atom. The molecule has 1 aromatic carbocycles. The first kappa shape index (κ1) is 16.9. The normalized spacial score (nSPS) is 19.6. The molecule has 0 radical (unpaired) electrons. The molecule has 0 spiro atoms. The van der Waals surface area contributed by atoms with Gasteiger partial charge in [-0.05, 0) is 30.5 Å². The third-order valence-electron chi connectivity index (χ3n) is 4.59. The monoisotopic (exact) mass is 340 g/mol. The van der Waals surface area contributed by atoms with E-state index in [1.807, 2.05) is 12.1 Å². The number of carbonyl (C=O) groups is 2. The zero-order chi connectivity index (χ0) is 17.9. The molecular formula is C18H20N4O3. The highest BCUT2D eigenvalue weighted by Crippen LogP contribution is 2.38. The highest BCUT2D eigenvalue weighted by atomic mass is 16.5. The minimum Gasteiger partial charge on any atom is -0.497 e. The summed E-state index contributed by atoms with van der Waals surface area (Å²) < 4.78 is 5.12. The first-order valence-corrected chi connectivity index (χ1v) is 8.07. The van der Waals surface area contributed by atoms with Crippen LogP contribution >= 0.6 is 0 Å². The number of primary amides is 1. The van der Waals surface area contributed by atoms with E-state index >= 15 is 0 Å². The van der Waals surface area contributed by atoms with Crippen LogP contribution in [0.25, 0.3) is 0 Å². The number of rotatable bonds is 5. The van der Waals surface area contributed by atoms with Gasteiger partial charge in [-0.15, -0.1) is 0 Å². The van der Waals surface area contributed by atoms with Gasteiger partial charge in [-0.3, -0.25) is 19.6 Å². The Bertz CT molecular complexity index is 764. The Labute approximate surface area is 145 Å². The Kier molecular flexibility index (Phi) is 4.65. The quantitative estimate of drug-likeness (QED) is 0.876. The minimum absolute atomic E-state index is 0.160. The lowest BCUT2D eigenvalue weighted by atomic mass is 9.90. The lowest BCUT2D eigenvalue weighted by Crippen LogP contribution is -2.54. The molecule has 7 nitrogen and oxygen atoms in total. The molecule has 2 amide bonds. The number of carbonyl (C=O) groups excluding carboxylic acids is 2. The van der Waals surface area contributed by atoms with Gasteiger partial charge < -0.3 is 15.4 Å². The van der Waals surface area contributed by atoms with Gasteiger partial charge in [0.25, 0.3) is 0 Å². The summed E-state index contributed by atoms with van der Waals surface area (Å²) in [7, 11) is 1.59. The van der Waals surface area contributed by atoms with Crippen molar-refractivity contribution >= 4 is 11.8 Å². The average molecular weight is 340 g/mol. The first-order chi connectivity index (χ1) is 12.1. The van der Waals surface area contributed by atoms with Crippen LogP contribution in [0.1, 0.15) is 24.1 Å². The average Bonchev–Trinajstić information content (AvgIpc) is 3.09. The first-order valence-electron chi connectivity index (χ1n) is 8.07. The number of nitrogens with two attached hydrogens (primary N) is 1. The zero-order valence-corrected chi connectivity index (χ0v) is 14.0. The number of benzene rings is 1. The Morgan fingerprint density at radius 2 is 2.04 bits per heavy atom. The van der Waals surface area contributed by atoms with Crippen LogP contribution in [0.3, 0.4) is 0 Å². The second kappa shape index (κ2) is 6.88. The molecular weight excluding hydrogens is 320 g/mol. The number of hydrogen-bond donors (Lipinski definition) is 1. The fourth-order valence-corrected chi connectivity index (χ4v) is 3.33. The fraction of sp³-hybridized carbons (Fsp3) is 0.333. The van der Waals surface area contributed by atoms with Crippen LogP contribution in [-0.4, -0.2) is 40.3 Å². The molecule has 0 saturated carbocycles. The number of hydrogen-bond acceptors (Lipinski definition) is 5. The van der Waals surface area contributed by atoms with Crippen molar-refractivity contribution < 1.29 is 14.3 Å². The highest BCUT2D eigenvalue weighted by molar-refractivity contribution is 5.92. The summed E-state index contributed by atoms with van der Waals surface area (Å²) in [6.45, 7) is 0.467. The number of likely N-dealkylation sites (tertiary alicyclic amines) is 1. The van der Waals surface area contributed by atoms with Crippen molar-refractivity contribution in [2.45, 2.75) is 24.8 Å². The molecule has 7 heteroatoms. The van der Waals surface area contributed by atoms with Crippen LogP contribution in [0.2, 0.25) is 0 Å². The third-order valence-corrected chi connectivity index (χ3v) is 4.59. The molecule has 2 heterocycles. The molecule has 1 aliphatic heterocycles. The van der Waals surface area contributed by atoms with Crippen LogP contribution in [-0.2, 0) is 21.5 Å². The zero-order valence-electron chi connectivity index (χ0n) is 14.0. The van der Waals surface area contributed by atoms with E-state index in [0.717, 1.165) is 11.3 Å². The Hall–Kier alpha value is -2.96. The van der Waals surface area contributed by atoms with Crippen LogP contribution in [0.5, 0.6) is 5.75 Å². The molecule has 1 aromatic heterocycles. The number of nitrogens with zero attached hydrogens (tertiary/aromatic N) is 3. The molecule has 25 heavy (non-hydrogen) atoms. The van der Waals surface area contributed by atoms with Crippen molar-refractivity contribution in [1.82, 2.24) is 14.9 Å². The van der Waals surface area contributed by atoms with E-state index in [0.29, 0.717) is 25.1 Å². The van der Waals surface area contributed by atoms with Gasteiger partial charge in [0.1, 0.15) is 5.75 Å². The SMILES string of the molecule is COc1ccc(CC(=O)N2CCC[C@]2(C(N)=O)c2cnccn2)cc1. The summed E-state index contributed by atoms with van der Waals surface area (Å²) in [6, 6.07) is 7.27. The van der Waals surface area contributed by atoms with Gasteiger partial charge in [0.05, 0.1) is 25.4 Å². The molecule has 1 atom stereocenters. The second-order valence-corrected chi connectivity index (χ2v) is 5.99. The summed E-state index contributed by atoms with van der Waals surface area (Å²) >= 11 is 0. The minimum atomic E-state index is -1.22. The van der Waals surface area contributed by atoms with E-state index in [-0.39, 0.29) is 12.3 Å². The molecule has 0 aliphatic carbocycles. The van der Waals surface area contributed by atoms with Crippen LogP contribution in [0.15, 0.2) is 42.9 Å². The van der Waals surface area contributed by atoms with Crippen molar-refractivity contribution in [1.29, 1.82) is 0 Å². The van der Waals surface area contributed by atoms with Crippen molar-refractivity contribution in [2.75, 3.05) is 13.7 Å². The topological polar surface area (TPSA) is 98.4 Å². The number of aromatic nitrogens is 2.